The number of rotatable bonds is 3. The van der Waals surface area contributed by atoms with Crippen LogP contribution in [0.15, 0.2) is 58.2 Å². The summed E-state index contributed by atoms with van der Waals surface area (Å²) in [7, 11) is 0. The van der Waals surface area contributed by atoms with Crippen LogP contribution >= 0.6 is 15.9 Å². The van der Waals surface area contributed by atoms with Crippen LogP contribution in [0.4, 0.5) is 10.1 Å². The number of hydrogen-bond donors (Lipinski definition) is 3. The van der Waals surface area contributed by atoms with E-state index in [-0.39, 0.29) is 16.8 Å². The van der Waals surface area contributed by atoms with Gasteiger partial charge in [0.2, 0.25) is 0 Å². The van der Waals surface area contributed by atoms with Crippen molar-refractivity contribution in [2.24, 2.45) is 0 Å². The molecule has 3 heterocycles. The Morgan fingerprint density at radius 2 is 2.00 bits per heavy atom. The van der Waals surface area contributed by atoms with E-state index >= 15 is 0 Å². The van der Waals surface area contributed by atoms with Gasteiger partial charge in [-0.15, -0.1) is 0 Å². The second-order valence-electron chi connectivity index (χ2n) is 6.52. The number of nitrogens with one attached hydrogen (secondary N) is 2. The van der Waals surface area contributed by atoms with E-state index in [2.05, 4.69) is 25.9 Å². The Balaban J connectivity index is 2.25. The average molecular weight is 453 g/mol. The molecule has 4 aromatic rings. The minimum atomic E-state index is -0.625. The van der Waals surface area contributed by atoms with Crippen LogP contribution in [0.2, 0.25) is 0 Å². The monoisotopic (exact) mass is 452 g/mol. The lowest BCUT2D eigenvalue weighted by molar-refractivity contribution is -0.596. The van der Waals surface area contributed by atoms with Crippen molar-refractivity contribution in [3.8, 4) is 16.8 Å². The third-order valence-electron chi connectivity index (χ3n) is 4.71. The maximum Gasteiger partial charge on any atom is 0.321 e. The standard InChI is InChI=1S/C21H15BrFN5O/c1-11-9-15-18(27-20(11)22)16(12-5-6-14(23)17(25)13(12)10-24)19(21(29)26-15)28-7-3-2-4-8-28/h2-10H,1H3,(H3-,24,25,26,29)/p+1. The highest BCUT2D eigenvalue weighted by Gasteiger charge is 2.26. The molecule has 0 radical (unpaired) electrons. The Kier molecular flexibility index (Phi) is 4.71. The quantitative estimate of drug-likeness (QED) is 0.191. The maximum absolute atomic E-state index is 14.1. The largest absolute Gasteiger partial charge is 0.396 e. The topological polar surface area (TPSA) is 99.5 Å². The fourth-order valence-electron chi connectivity index (χ4n) is 3.32. The summed E-state index contributed by atoms with van der Waals surface area (Å²) < 4.78 is 16.4. The number of nitrogen functional groups attached to an aromatic ring is 1. The zero-order chi connectivity index (χ0) is 20.7. The Morgan fingerprint density at radius 3 is 2.69 bits per heavy atom. The molecule has 29 heavy (non-hydrogen) atoms. The molecular weight excluding hydrogens is 437 g/mol. The van der Waals surface area contributed by atoms with Gasteiger partial charge in [0.25, 0.3) is 5.69 Å². The van der Waals surface area contributed by atoms with E-state index in [1.807, 2.05) is 19.1 Å². The van der Waals surface area contributed by atoms with Gasteiger partial charge in [0, 0.05) is 29.5 Å². The molecule has 0 unspecified atom stereocenters. The predicted molar refractivity (Wildman–Crippen MR) is 114 cm³/mol. The van der Waals surface area contributed by atoms with Crippen molar-refractivity contribution in [1.29, 1.82) is 5.41 Å². The maximum atomic E-state index is 14.1. The van der Waals surface area contributed by atoms with Gasteiger partial charge in [0.05, 0.1) is 16.8 Å². The summed E-state index contributed by atoms with van der Waals surface area (Å²) in [6, 6.07) is 9.98. The molecule has 4 N–H and O–H groups in total. The van der Waals surface area contributed by atoms with Gasteiger partial charge in [-0.25, -0.2) is 9.37 Å². The van der Waals surface area contributed by atoms with Crippen LogP contribution in [0.25, 0.3) is 27.8 Å². The van der Waals surface area contributed by atoms with Gasteiger partial charge < -0.3 is 16.1 Å². The Hall–Kier alpha value is -3.39. The first-order valence-electron chi connectivity index (χ1n) is 8.71. The number of nitrogens with two attached hydrogens (primary N) is 1. The highest BCUT2D eigenvalue weighted by molar-refractivity contribution is 9.10. The van der Waals surface area contributed by atoms with E-state index in [4.69, 9.17) is 11.1 Å². The molecule has 0 amide bonds. The van der Waals surface area contributed by atoms with E-state index < -0.39 is 5.82 Å². The van der Waals surface area contributed by atoms with Gasteiger partial charge in [0.1, 0.15) is 15.9 Å². The van der Waals surface area contributed by atoms with Gasteiger partial charge in [-0.1, -0.05) is 12.1 Å². The summed E-state index contributed by atoms with van der Waals surface area (Å²) in [4.78, 5) is 20.6. The molecule has 0 aliphatic rings. The van der Waals surface area contributed by atoms with Crippen LogP contribution < -0.4 is 15.9 Å². The number of aryl methyl sites for hydroxylation is 1. The molecule has 0 aliphatic heterocycles. The van der Waals surface area contributed by atoms with Crippen molar-refractivity contribution in [2.45, 2.75) is 6.92 Å². The zero-order valence-electron chi connectivity index (χ0n) is 15.3. The van der Waals surface area contributed by atoms with Crippen LogP contribution in [0.3, 0.4) is 0 Å². The van der Waals surface area contributed by atoms with Crippen molar-refractivity contribution in [3.05, 3.63) is 80.7 Å². The molecule has 0 fully saturated rings. The summed E-state index contributed by atoms with van der Waals surface area (Å²) in [6.45, 7) is 1.87. The van der Waals surface area contributed by atoms with Gasteiger partial charge in [-0.05, 0) is 40.5 Å². The minimum absolute atomic E-state index is 0.152. The number of fused-ring (bicyclic) bond motifs is 1. The lowest BCUT2D eigenvalue weighted by Gasteiger charge is -2.13. The van der Waals surface area contributed by atoms with E-state index in [9.17, 15) is 9.18 Å². The molecule has 0 bridgehead atoms. The lowest BCUT2D eigenvalue weighted by atomic mass is 9.96. The number of anilines is 1. The molecule has 1 aromatic carbocycles. The first kappa shape index (κ1) is 18.9. The van der Waals surface area contributed by atoms with Crippen LogP contribution in [-0.4, -0.2) is 16.2 Å². The molecule has 0 aliphatic carbocycles. The Bertz CT molecular complexity index is 1330. The number of H-pyrrole nitrogens is 1. The third-order valence-corrected chi connectivity index (χ3v) is 5.51. The summed E-state index contributed by atoms with van der Waals surface area (Å²) in [6.07, 6.45) is 4.46. The number of aromatic amines is 1. The lowest BCUT2D eigenvalue weighted by Crippen LogP contribution is -2.37. The number of hydrogen-bond acceptors (Lipinski definition) is 4. The molecule has 0 atom stereocenters. The second kappa shape index (κ2) is 7.21. The number of aromatic nitrogens is 3. The van der Waals surface area contributed by atoms with Crippen LogP contribution in [-0.2, 0) is 0 Å². The minimum Gasteiger partial charge on any atom is -0.396 e. The Labute approximate surface area is 173 Å². The normalized spacial score (nSPS) is 11.0. The first-order valence-corrected chi connectivity index (χ1v) is 9.50. The van der Waals surface area contributed by atoms with Crippen LogP contribution in [0.1, 0.15) is 11.1 Å². The summed E-state index contributed by atoms with van der Waals surface area (Å²) in [5.74, 6) is -0.625. The molecule has 3 aromatic heterocycles. The van der Waals surface area contributed by atoms with Crippen LogP contribution in [0, 0.1) is 18.2 Å². The summed E-state index contributed by atoms with van der Waals surface area (Å²) in [5.41, 5.74) is 8.70. The highest BCUT2D eigenvalue weighted by atomic mass is 79.9. The van der Waals surface area contributed by atoms with E-state index in [1.165, 1.54) is 12.1 Å². The SMILES string of the molecule is Cc1cc2[nH]c(=O)c(-[n+]3ccccc3)c(-c3ccc(F)c(N)c3C=N)c2nc1Br. The Morgan fingerprint density at radius 1 is 1.28 bits per heavy atom. The fourth-order valence-corrected chi connectivity index (χ4v) is 3.61. The van der Waals surface area contributed by atoms with Crippen LogP contribution in [0.5, 0.6) is 0 Å². The van der Waals surface area contributed by atoms with Crippen molar-refractivity contribution in [3.63, 3.8) is 0 Å². The zero-order valence-corrected chi connectivity index (χ0v) is 16.9. The molecule has 144 valence electrons. The van der Waals surface area contributed by atoms with E-state index in [0.717, 1.165) is 11.8 Å². The summed E-state index contributed by atoms with van der Waals surface area (Å²) in [5, 5.41) is 7.79. The average Bonchev–Trinajstić information content (AvgIpc) is 2.71. The van der Waals surface area contributed by atoms with Crippen molar-refractivity contribution >= 4 is 38.9 Å². The summed E-state index contributed by atoms with van der Waals surface area (Å²) >= 11 is 3.44. The van der Waals surface area contributed by atoms with Gasteiger partial charge in [-0.2, -0.15) is 4.57 Å². The van der Waals surface area contributed by atoms with Gasteiger partial charge in [0.15, 0.2) is 12.4 Å². The number of pyridine rings is 3. The van der Waals surface area contributed by atoms with Crippen molar-refractivity contribution < 1.29 is 8.96 Å². The second-order valence-corrected chi connectivity index (χ2v) is 7.27. The highest BCUT2D eigenvalue weighted by Crippen LogP contribution is 2.35. The molecular formula is C21H16BrFN5O+. The molecule has 6 nitrogen and oxygen atoms in total. The van der Waals surface area contributed by atoms with Gasteiger partial charge in [-0.3, -0.25) is 4.79 Å². The molecule has 0 saturated carbocycles. The predicted octanol–water partition coefficient (Wildman–Crippen LogP) is 3.66. The fraction of sp³-hybridized carbons (Fsp3) is 0.0476. The number of benzene rings is 1. The first-order chi connectivity index (χ1) is 13.9. The number of nitrogens with zero attached hydrogens (tertiary/aromatic N) is 2. The third kappa shape index (κ3) is 3.11. The van der Waals surface area contributed by atoms with Crippen molar-refractivity contribution in [1.82, 2.24) is 9.97 Å². The molecule has 8 heteroatoms. The van der Waals surface area contributed by atoms with E-state index in [0.29, 0.717) is 32.5 Å². The molecule has 0 saturated heterocycles. The number of halogens is 2. The van der Waals surface area contributed by atoms with Crippen molar-refractivity contribution in [2.75, 3.05) is 5.73 Å². The smallest absolute Gasteiger partial charge is 0.321 e. The van der Waals surface area contributed by atoms with Gasteiger partial charge >= 0.3 is 5.56 Å². The molecule has 0 spiro atoms. The molecule has 4 rings (SSSR count). The van der Waals surface area contributed by atoms with E-state index in [1.54, 1.807) is 29.1 Å².